The number of halogens is 4. The van der Waals surface area contributed by atoms with Crippen LogP contribution in [0.25, 0.3) is 0 Å². The van der Waals surface area contributed by atoms with Crippen LogP contribution in [0.5, 0.6) is 5.75 Å². The number of hydrogen-bond donors (Lipinski definition) is 0. The average Bonchev–Trinajstić information content (AvgIpc) is 2.29. The molecule has 102 valence electrons. The normalized spacial score (nSPS) is 12.6. The minimum absolute atomic E-state index is 0.158. The lowest BCUT2D eigenvalue weighted by molar-refractivity contribution is -0.274. The van der Waals surface area contributed by atoms with Gasteiger partial charge in [0.2, 0.25) is 0 Å². The lowest BCUT2D eigenvalue weighted by atomic mass is 10.3. The van der Waals surface area contributed by atoms with Crippen LogP contribution in [0, 0.1) is 0 Å². The van der Waals surface area contributed by atoms with Gasteiger partial charge in [0.1, 0.15) is 12.9 Å². The lowest BCUT2D eigenvalue weighted by Gasteiger charge is -2.17. The molecule has 0 aliphatic carbocycles. The molecule has 0 aromatic heterocycles. The van der Waals surface area contributed by atoms with Crippen LogP contribution in [0.4, 0.5) is 13.2 Å². The van der Waals surface area contributed by atoms with Gasteiger partial charge in [-0.2, -0.15) is 0 Å². The third-order valence-electron chi connectivity index (χ3n) is 2.63. The topological polar surface area (TPSA) is 26.3 Å². The number of alkyl halides is 3. The Bertz CT molecular complexity index is 466. The van der Waals surface area contributed by atoms with Crippen molar-refractivity contribution in [3.63, 3.8) is 0 Å². The molecule has 0 N–H and O–H groups in total. The van der Waals surface area contributed by atoms with Crippen LogP contribution in [-0.4, -0.2) is 18.7 Å². The summed E-state index contributed by atoms with van der Waals surface area (Å²) in [5, 5.41) is 0.200. The Morgan fingerprint density at radius 3 is 2.28 bits per heavy atom. The monoisotopic (exact) mass is 300 g/mol. The second-order valence-corrected chi connectivity index (χ2v) is 7.65. The molecule has 7 heteroatoms. The van der Waals surface area contributed by atoms with Crippen molar-refractivity contribution in [3.05, 3.63) is 23.2 Å². The van der Waals surface area contributed by atoms with Crippen molar-refractivity contribution in [1.82, 2.24) is 0 Å². The van der Waals surface area contributed by atoms with Crippen molar-refractivity contribution in [2.75, 3.05) is 12.3 Å². The van der Waals surface area contributed by atoms with Crippen molar-refractivity contribution in [2.24, 2.45) is 0 Å². The average molecular weight is 301 g/mol. The molecule has 0 saturated carbocycles. The maximum Gasteiger partial charge on any atom is 0.573 e. The number of hydrogen-bond acceptors (Lipinski definition) is 2. The molecule has 0 aliphatic heterocycles. The van der Waals surface area contributed by atoms with E-state index in [1.165, 1.54) is 12.1 Å². The fraction of sp³-hybridized carbons (Fsp3) is 0.455. The quantitative estimate of drug-likeness (QED) is 0.776. The first-order valence-electron chi connectivity index (χ1n) is 5.36. The van der Waals surface area contributed by atoms with Crippen molar-refractivity contribution in [1.29, 1.82) is 0 Å². The third-order valence-corrected chi connectivity index (χ3v) is 6.21. The molecule has 1 rings (SSSR count). The van der Waals surface area contributed by atoms with Crippen molar-refractivity contribution in [3.8, 4) is 5.75 Å². The van der Waals surface area contributed by atoms with Gasteiger partial charge in [-0.15, -0.1) is 13.2 Å². The second-order valence-electron chi connectivity index (χ2n) is 3.68. The van der Waals surface area contributed by atoms with E-state index in [-0.39, 0.29) is 5.02 Å². The molecular weight excluding hydrogens is 288 g/mol. The largest absolute Gasteiger partial charge is 0.573 e. The summed E-state index contributed by atoms with van der Waals surface area (Å²) in [5.41, 5.74) is 0. The first kappa shape index (κ1) is 15.4. The van der Waals surface area contributed by atoms with Gasteiger partial charge in [0, 0.05) is 17.6 Å². The van der Waals surface area contributed by atoms with Gasteiger partial charge in [-0.1, -0.05) is 25.4 Å². The summed E-state index contributed by atoms with van der Waals surface area (Å²) in [4.78, 5) is 0. The summed E-state index contributed by atoms with van der Waals surface area (Å²) >= 11 is 5.62. The highest BCUT2D eigenvalue weighted by atomic mass is 35.5. The van der Waals surface area contributed by atoms with Gasteiger partial charge >= 0.3 is 6.36 Å². The smallest absolute Gasteiger partial charge is 0.404 e. The predicted molar refractivity (Wildman–Crippen MR) is 66.5 cm³/mol. The Morgan fingerprint density at radius 2 is 1.83 bits per heavy atom. The maximum atomic E-state index is 12.4. The van der Waals surface area contributed by atoms with Crippen LogP contribution in [0.1, 0.15) is 13.8 Å². The minimum Gasteiger partial charge on any atom is -0.404 e. The van der Waals surface area contributed by atoms with Gasteiger partial charge in [0.15, 0.2) is 0 Å². The molecule has 0 saturated heterocycles. The zero-order chi connectivity index (χ0) is 14.0. The predicted octanol–water partition coefficient (Wildman–Crippen LogP) is 4.27. The minimum atomic E-state index is -4.81. The summed E-state index contributed by atoms with van der Waals surface area (Å²) in [6.07, 6.45) is -4.04. The van der Waals surface area contributed by atoms with Crippen LogP contribution in [0.15, 0.2) is 18.2 Å². The first-order chi connectivity index (χ1) is 8.22. The number of rotatable bonds is 4. The molecule has 2 nitrogen and oxygen atoms in total. The van der Waals surface area contributed by atoms with Crippen molar-refractivity contribution in [2.45, 2.75) is 20.2 Å². The highest BCUT2D eigenvalue weighted by molar-refractivity contribution is 7.71. The van der Waals surface area contributed by atoms with E-state index in [0.29, 0.717) is 17.6 Å². The Hall–Kier alpha value is -0.670. The van der Waals surface area contributed by atoms with Gasteiger partial charge in [0.25, 0.3) is 0 Å². The molecule has 0 bridgehead atoms. The van der Waals surface area contributed by atoms with Crippen LogP contribution in [-0.2, 0) is 4.57 Å². The third kappa shape index (κ3) is 3.66. The van der Waals surface area contributed by atoms with Crippen molar-refractivity contribution >= 4 is 24.0 Å². The molecule has 1 aromatic carbocycles. The summed E-state index contributed by atoms with van der Waals surface area (Å²) < 4.78 is 52.7. The van der Waals surface area contributed by atoms with E-state index in [1.54, 1.807) is 13.8 Å². The van der Waals surface area contributed by atoms with E-state index >= 15 is 0 Å². The summed E-state index contributed by atoms with van der Waals surface area (Å²) in [7, 11) is -2.65. The first-order valence-corrected chi connectivity index (χ1v) is 7.81. The molecule has 0 fully saturated rings. The Balaban J connectivity index is 3.20. The molecule has 1 aromatic rings. The summed E-state index contributed by atoms with van der Waals surface area (Å²) in [6, 6.07) is 3.87. The molecule has 0 amide bonds. The van der Waals surface area contributed by atoms with Crippen LogP contribution in [0.2, 0.25) is 5.02 Å². The van der Waals surface area contributed by atoms with Gasteiger partial charge in [-0.25, -0.2) is 0 Å². The highest BCUT2D eigenvalue weighted by Crippen LogP contribution is 2.45. The maximum absolute atomic E-state index is 12.4. The van der Waals surface area contributed by atoms with E-state index in [9.17, 15) is 17.7 Å². The van der Waals surface area contributed by atoms with Crippen LogP contribution < -0.4 is 10.0 Å². The molecule has 0 atom stereocenters. The Kier molecular flexibility index (Phi) is 4.73. The highest BCUT2D eigenvalue weighted by Gasteiger charge is 2.33. The van der Waals surface area contributed by atoms with Gasteiger partial charge in [0.05, 0.1) is 5.02 Å². The Labute approximate surface area is 108 Å². The molecule has 18 heavy (non-hydrogen) atoms. The van der Waals surface area contributed by atoms with E-state index in [1.807, 2.05) is 0 Å². The van der Waals surface area contributed by atoms with Crippen LogP contribution in [0.3, 0.4) is 0 Å². The fourth-order valence-corrected chi connectivity index (χ4v) is 3.57. The number of ether oxygens (including phenoxy) is 1. The van der Waals surface area contributed by atoms with E-state index in [4.69, 9.17) is 11.6 Å². The zero-order valence-corrected chi connectivity index (χ0v) is 11.6. The lowest BCUT2D eigenvalue weighted by Crippen LogP contribution is -2.19. The number of benzene rings is 1. The second kappa shape index (κ2) is 5.54. The summed E-state index contributed by atoms with van der Waals surface area (Å²) in [6.45, 7) is 3.48. The molecule has 0 spiro atoms. The molecule has 0 unspecified atom stereocenters. The molecular formula is C11H13ClF3O2P. The molecule has 0 aliphatic rings. The van der Waals surface area contributed by atoms with E-state index in [0.717, 1.165) is 6.07 Å². The molecule has 0 radical (unpaired) electrons. The fourth-order valence-electron chi connectivity index (χ4n) is 1.54. The molecule has 0 heterocycles. The van der Waals surface area contributed by atoms with E-state index < -0.39 is 19.3 Å². The van der Waals surface area contributed by atoms with Gasteiger partial charge in [-0.3, -0.25) is 0 Å². The van der Waals surface area contributed by atoms with E-state index in [2.05, 4.69) is 4.74 Å². The Morgan fingerprint density at radius 1 is 1.28 bits per heavy atom. The SMILES string of the molecule is CCP(=O)(CC)c1ccc(Cl)c(OC(F)(F)F)c1. The zero-order valence-electron chi connectivity index (χ0n) is 9.92. The summed E-state index contributed by atoms with van der Waals surface area (Å²) in [5.74, 6) is -0.510. The van der Waals surface area contributed by atoms with Crippen LogP contribution >= 0.6 is 18.7 Å². The van der Waals surface area contributed by atoms with Crippen molar-refractivity contribution < 1.29 is 22.5 Å². The van der Waals surface area contributed by atoms with Gasteiger partial charge < -0.3 is 9.30 Å². The van der Waals surface area contributed by atoms with Gasteiger partial charge in [-0.05, 0) is 18.2 Å². The standard InChI is InChI=1S/C11H13ClF3O2P/c1-3-18(16,4-2)8-5-6-9(12)10(7-8)17-11(13,14)15/h5-7H,3-4H2,1-2H3.